The van der Waals surface area contributed by atoms with E-state index in [0.29, 0.717) is 0 Å². The van der Waals surface area contributed by atoms with Crippen molar-refractivity contribution >= 4 is 23.0 Å². The molecular weight excluding hydrogens is 278 g/mol. The van der Waals surface area contributed by atoms with Gasteiger partial charge in [0.2, 0.25) is 0 Å². The van der Waals surface area contributed by atoms with Crippen molar-refractivity contribution in [2.75, 3.05) is 0 Å². The normalized spacial score (nSPS) is 12.1. The topological polar surface area (TPSA) is 80.4 Å². The van der Waals surface area contributed by atoms with Crippen LogP contribution >= 0.6 is 11.3 Å². The Morgan fingerprint density at radius 3 is 2.80 bits per heavy atom. The molecule has 2 aromatic rings. The first-order valence-corrected chi connectivity index (χ1v) is 6.85. The fourth-order valence-electron chi connectivity index (χ4n) is 1.91. The molecule has 6 heteroatoms. The molecule has 20 heavy (non-hydrogen) atoms. The van der Waals surface area contributed by atoms with E-state index in [1.807, 2.05) is 25.1 Å². The Bertz CT molecular complexity index is 650. The van der Waals surface area contributed by atoms with Gasteiger partial charge < -0.3 is 5.11 Å². The van der Waals surface area contributed by atoms with Gasteiger partial charge in [-0.2, -0.15) is 0 Å². The van der Waals surface area contributed by atoms with E-state index in [1.165, 1.54) is 23.5 Å². The number of hydrogen-bond acceptors (Lipinski definition) is 4. The van der Waals surface area contributed by atoms with Crippen molar-refractivity contribution in [2.24, 2.45) is 0 Å². The Balaban J connectivity index is 2.26. The maximum atomic E-state index is 10.8. The standard InChI is InChI=1S/C14H13NO4S/c1-9(7-14(16)17)12-5-6-13(20-12)10-3-2-4-11(8-10)15(18)19/h2-6,8-9H,7H2,1H3,(H,16,17). The van der Waals surface area contributed by atoms with Crippen LogP contribution in [0.4, 0.5) is 5.69 Å². The summed E-state index contributed by atoms with van der Waals surface area (Å²) in [5.74, 6) is -0.896. The number of benzene rings is 1. The van der Waals surface area contributed by atoms with Crippen LogP contribution < -0.4 is 0 Å². The fourth-order valence-corrected chi connectivity index (χ4v) is 2.96. The Morgan fingerprint density at radius 1 is 1.40 bits per heavy atom. The first-order valence-electron chi connectivity index (χ1n) is 6.03. The number of hydrogen-bond donors (Lipinski definition) is 1. The first kappa shape index (κ1) is 14.2. The number of carboxylic acid groups (broad SMARTS) is 1. The van der Waals surface area contributed by atoms with E-state index in [2.05, 4.69) is 0 Å². The molecule has 0 radical (unpaired) electrons. The molecule has 0 amide bonds. The van der Waals surface area contributed by atoms with Crippen LogP contribution in [0.5, 0.6) is 0 Å². The number of nitrogens with zero attached hydrogens (tertiary/aromatic N) is 1. The largest absolute Gasteiger partial charge is 0.481 e. The van der Waals surface area contributed by atoms with Gasteiger partial charge in [0, 0.05) is 27.8 Å². The zero-order valence-corrected chi connectivity index (χ0v) is 11.6. The first-order chi connectivity index (χ1) is 9.47. The molecule has 104 valence electrons. The highest BCUT2D eigenvalue weighted by atomic mass is 32.1. The predicted molar refractivity (Wildman–Crippen MR) is 77.1 cm³/mol. The third-order valence-electron chi connectivity index (χ3n) is 2.93. The maximum Gasteiger partial charge on any atom is 0.303 e. The molecule has 1 atom stereocenters. The number of thiophene rings is 1. The van der Waals surface area contributed by atoms with Crippen molar-refractivity contribution in [3.05, 3.63) is 51.4 Å². The third-order valence-corrected chi connectivity index (χ3v) is 4.30. The molecule has 0 bridgehead atoms. The second-order valence-electron chi connectivity index (χ2n) is 4.51. The molecule has 0 spiro atoms. The van der Waals surface area contributed by atoms with E-state index in [9.17, 15) is 14.9 Å². The molecule has 1 aromatic heterocycles. The lowest BCUT2D eigenvalue weighted by atomic mass is 10.1. The number of carboxylic acids is 1. The summed E-state index contributed by atoms with van der Waals surface area (Å²) in [5.41, 5.74) is 0.828. The summed E-state index contributed by atoms with van der Waals surface area (Å²) >= 11 is 1.47. The highest BCUT2D eigenvalue weighted by molar-refractivity contribution is 7.15. The SMILES string of the molecule is CC(CC(=O)O)c1ccc(-c2cccc([N+](=O)[O-])c2)s1. The van der Waals surface area contributed by atoms with Crippen molar-refractivity contribution in [3.63, 3.8) is 0 Å². The highest BCUT2D eigenvalue weighted by Crippen LogP contribution is 2.34. The van der Waals surface area contributed by atoms with Crippen LogP contribution in [-0.4, -0.2) is 16.0 Å². The smallest absolute Gasteiger partial charge is 0.303 e. The van der Waals surface area contributed by atoms with Gasteiger partial charge in [-0.05, 0) is 17.7 Å². The van der Waals surface area contributed by atoms with Gasteiger partial charge in [0.05, 0.1) is 11.3 Å². The molecule has 0 fully saturated rings. The number of rotatable bonds is 5. The molecule has 2 rings (SSSR count). The monoisotopic (exact) mass is 291 g/mol. The van der Waals surface area contributed by atoms with Gasteiger partial charge in [-0.15, -0.1) is 11.3 Å². The average Bonchev–Trinajstić information content (AvgIpc) is 2.87. The third kappa shape index (κ3) is 3.21. The second-order valence-corrected chi connectivity index (χ2v) is 5.62. The predicted octanol–water partition coefficient (Wildman–Crippen LogP) is 3.90. The molecule has 0 saturated heterocycles. The lowest BCUT2D eigenvalue weighted by molar-refractivity contribution is -0.384. The van der Waals surface area contributed by atoms with E-state index >= 15 is 0 Å². The lowest BCUT2D eigenvalue weighted by Crippen LogP contribution is -2.00. The fraction of sp³-hybridized carbons (Fsp3) is 0.214. The number of nitro benzene ring substituents is 1. The van der Waals surface area contributed by atoms with E-state index in [-0.39, 0.29) is 18.0 Å². The van der Waals surface area contributed by atoms with Crippen molar-refractivity contribution in [2.45, 2.75) is 19.3 Å². The van der Waals surface area contributed by atoms with Crippen molar-refractivity contribution in [1.29, 1.82) is 0 Å². The minimum atomic E-state index is -0.831. The molecule has 0 aliphatic rings. The van der Waals surface area contributed by atoms with Crippen LogP contribution in [0, 0.1) is 10.1 Å². The summed E-state index contributed by atoms with van der Waals surface area (Å²) in [4.78, 5) is 22.9. The number of non-ortho nitro benzene ring substituents is 1. The van der Waals surface area contributed by atoms with Gasteiger partial charge in [-0.3, -0.25) is 14.9 Å². The minimum absolute atomic E-state index is 0.0519. The summed E-state index contributed by atoms with van der Waals surface area (Å²) in [6, 6.07) is 10.2. The van der Waals surface area contributed by atoms with E-state index in [0.717, 1.165) is 15.3 Å². The molecule has 0 aliphatic heterocycles. The van der Waals surface area contributed by atoms with E-state index in [4.69, 9.17) is 5.11 Å². The van der Waals surface area contributed by atoms with Gasteiger partial charge >= 0.3 is 5.97 Å². The zero-order valence-electron chi connectivity index (χ0n) is 10.8. The van der Waals surface area contributed by atoms with Crippen molar-refractivity contribution < 1.29 is 14.8 Å². The Morgan fingerprint density at radius 2 is 2.15 bits per heavy atom. The van der Waals surface area contributed by atoms with Gasteiger partial charge in [-0.25, -0.2) is 0 Å². The summed E-state index contributed by atoms with van der Waals surface area (Å²) in [6.45, 7) is 1.86. The van der Waals surface area contributed by atoms with Crippen LogP contribution in [0.3, 0.4) is 0 Å². The average molecular weight is 291 g/mol. The van der Waals surface area contributed by atoms with E-state index < -0.39 is 10.9 Å². The molecule has 0 saturated carbocycles. The van der Waals surface area contributed by atoms with E-state index in [1.54, 1.807) is 6.07 Å². The number of carbonyl (C=O) groups is 1. The van der Waals surface area contributed by atoms with Gasteiger partial charge in [0.25, 0.3) is 5.69 Å². The Kier molecular flexibility index (Phi) is 4.14. The summed E-state index contributed by atoms with van der Waals surface area (Å²) < 4.78 is 0. The van der Waals surface area contributed by atoms with Gasteiger partial charge in [0.15, 0.2) is 0 Å². The van der Waals surface area contributed by atoms with Crippen LogP contribution in [0.25, 0.3) is 10.4 Å². The highest BCUT2D eigenvalue weighted by Gasteiger charge is 2.14. The molecule has 0 aliphatic carbocycles. The molecule has 5 nitrogen and oxygen atoms in total. The zero-order chi connectivity index (χ0) is 14.7. The Labute approximate surface area is 119 Å². The molecule has 1 N–H and O–H groups in total. The van der Waals surface area contributed by atoms with Crippen LogP contribution in [0.15, 0.2) is 36.4 Å². The van der Waals surface area contributed by atoms with Crippen LogP contribution in [0.1, 0.15) is 24.1 Å². The summed E-state index contributed by atoms with van der Waals surface area (Å²) in [7, 11) is 0. The summed E-state index contributed by atoms with van der Waals surface area (Å²) in [6.07, 6.45) is 0.0783. The molecule has 1 unspecified atom stereocenters. The minimum Gasteiger partial charge on any atom is -0.481 e. The van der Waals surface area contributed by atoms with Crippen molar-refractivity contribution in [3.8, 4) is 10.4 Å². The van der Waals surface area contributed by atoms with Crippen LogP contribution in [-0.2, 0) is 4.79 Å². The van der Waals surface area contributed by atoms with Gasteiger partial charge in [0.1, 0.15) is 0 Å². The maximum absolute atomic E-state index is 10.8. The molecular formula is C14H13NO4S. The summed E-state index contributed by atoms with van der Waals surface area (Å²) in [5, 5.41) is 19.6. The molecule has 1 heterocycles. The lowest BCUT2D eigenvalue weighted by Gasteiger charge is -2.04. The number of aliphatic carboxylic acids is 1. The number of nitro groups is 1. The quantitative estimate of drug-likeness (QED) is 0.669. The molecule has 1 aromatic carbocycles. The van der Waals surface area contributed by atoms with Crippen LogP contribution in [0.2, 0.25) is 0 Å². The van der Waals surface area contributed by atoms with Crippen molar-refractivity contribution in [1.82, 2.24) is 0 Å². The Hall–Kier alpha value is -2.21. The van der Waals surface area contributed by atoms with Gasteiger partial charge in [-0.1, -0.05) is 19.1 Å². The second kappa shape index (κ2) is 5.83.